The van der Waals surface area contributed by atoms with Crippen molar-refractivity contribution in [2.24, 2.45) is 5.92 Å². The quantitative estimate of drug-likeness (QED) is 0.822. The first kappa shape index (κ1) is 12.1. The molecule has 1 aromatic heterocycles. The van der Waals surface area contributed by atoms with Crippen molar-refractivity contribution in [2.75, 3.05) is 32.1 Å². The van der Waals surface area contributed by atoms with Crippen molar-refractivity contribution in [1.29, 1.82) is 0 Å². The van der Waals surface area contributed by atoms with Crippen LogP contribution in [0.15, 0.2) is 6.07 Å². The molecular weight excluding hydrogens is 216 g/mol. The van der Waals surface area contributed by atoms with Crippen LogP contribution in [0.3, 0.4) is 0 Å². The summed E-state index contributed by atoms with van der Waals surface area (Å²) in [5, 5.41) is 6.66. The molecule has 0 amide bonds. The van der Waals surface area contributed by atoms with Gasteiger partial charge in [0.25, 0.3) is 0 Å². The Morgan fingerprint density at radius 1 is 1.41 bits per heavy atom. The van der Waals surface area contributed by atoms with E-state index in [0.717, 1.165) is 25.3 Å². The van der Waals surface area contributed by atoms with Crippen LogP contribution in [0.2, 0.25) is 0 Å². The van der Waals surface area contributed by atoms with Gasteiger partial charge in [-0.05, 0) is 38.8 Å². The summed E-state index contributed by atoms with van der Waals surface area (Å²) < 4.78 is 5.13. The minimum atomic E-state index is 0.616. The molecular formula is C12H20N4O. The van der Waals surface area contributed by atoms with E-state index in [9.17, 15) is 0 Å². The number of hydrogen-bond acceptors (Lipinski definition) is 5. The largest absolute Gasteiger partial charge is 0.481 e. The highest BCUT2D eigenvalue weighted by molar-refractivity contribution is 5.30. The van der Waals surface area contributed by atoms with Crippen molar-refractivity contribution >= 4 is 5.95 Å². The summed E-state index contributed by atoms with van der Waals surface area (Å²) in [6.45, 7) is 5.11. The van der Waals surface area contributed by atoms with E-state index in [1.165, 1.54) is 12.8 Å². The highest BCUT2D eigenvalue weighted by Crippen LogP contribution is 2.14. The number of nitrogens with one attached hydrogen (secondary N) is 2. The van der Waals surface area contributed by atoms with Crippen LogP contribution in [0.1, 0.15) is 18.5 Å². The molecule has 2 N–H and O–H groups in total. The summed E-state index contributed by atoms with van der Waals surface area (Å²) in [5.41, 5.74) is 0.921. The first-order valence-electron chi connectivity index (χ1n) is 6.12. The van der Waals surface area contributed by atoms with Crippen molar-refractivity contribution in [1.82, 2.24) is 15.3 Å². The molecule has 1 fully saturated rings. The van der Waals surface area contributed by atoms with Gasteiger partial charge in [0.05, 0.1) is 7.11 Å². The molecule has 17 heavy (non-hydrogen) atoms. The van der Waals surface area contributed by atoms with Crippen LogP contribution < -0.4 is 15.4 Å². The number of aromatic nitrogens is 2. The molecule has 0 atom stereocenters. The van der Waals surface area contributed by atoms with E-state index in [1.807, 2.05) is 13.0 Å². The fourth-order valence-electron chi connectivity index (χ4n) is 2.04. The standard InChI is InChI=1S/C12H20N4O/c1-9-7-11(17-2)16-12(15-9)14-8-10-3-5-13-6-4-10/h7,10,13H,3-6,8H2,1-2H3,(H,14,15,16). The Balaban J connectivity index is 1.91. The van der Waals surface area contributed by atoms with Crippen molar-refractivity contribution in [3.63, 3.8) is 0 Å². The zero-order valence-electron chi connectivity index (χ0n) is 10.5. The van der Waals surface area contributed by atoms with E-state index in [1.54, 1.807) is 7.11 Å². The number of methoxy groups -OCH3 is 1. The third-order valence-electron chi connectivity index (χ3n) is 3.05. The number of aryl methyl sites for hydroxylation is 1. The Bertz CT molecular complexity index is 364. The number of piperidine rings is 1. The van der Waals surface area contributed by atoms with Gasteiger partial charge in [-0.2, -0.15) is 4.98 Å². The second-order valence-electron chi connectivity index (χ2n) is 4.45. The third-order valence-corrected chi connectivity index (χ3v) is 3.05. The predicted molar refractivity (Wildman–Crippen MR) is 67.4 cm³/mol. The normalized spacial score (nSPS) is 16.8. The van der Waals surface area contributed by atoms with Gasteiger partial charge >= 0.3 is 0 Å². The van der Waals surface area contributed by atoms with Crippen LogP contribution in [-0.2, 0) is 0 Å². The maximum absolute atomic E-state index is 5.13. The average molecular weight is 236 g/mol. The van der Waals surface area contributed by atoms with E-state index in [0.29, 0.717) is 17.7 Å². The highest BCUT2D eigenvalue weighted by Gasteiger charge is 2.13. The summed E-state index contributed by atoms with van der Waals surface area (Å²) in [5.74, 6) is 2.00. The predicted octanol–water partition coefficient (Wildman–Crippen LogP) is 1.21. The van der Waals surface area contributed by atoms with Gasteiger partial charge in [-0.1, -0.05) is 0 Å². The maximum Gasteiger partial charge on any atom is 0.226 e. The number of anilines is 1. The zero-order valence-corrected chi connectivity index (χ0v) is 10.5. The number of rotatable bonds is 4. The molecule has 1 saturated heterocycles. The molecule has 0 bridgehead atoms. The van der Waals surface area contributed by atoms with Gasteiger partial charge in [-0.3, -0.25) is 0 Å². The molecule has 0 unspecified atom stereocenters. The summed E-state index contributed by atoms with van der Waals surface area (Å²) in [4.78, 5) is 8.62. The van der Waals surface area contributed by atoms with E-state index in [4.69, 9.17) is 4.74 Å². The van der Waals surface area contributed by atoms with Gasteiger partial charge < -0.3 is 15.4 Å². The van der Waals surface area contributed by atoms with Gasteiger partial charge in [-0.15, -0.1) is 0 Å². The van der Waals surface area contributed by atoms with Crippen molar-refractivity contribution < 1.29 is 4.74 Å². The fourth-order valence-corrected chi connectivity index (χ4v) is 2.04. The van der Waals surface area contributed by atoms with Crippen molar-refractivity contribution in [3.05, 3.63) is 11.8 Å². The Kier molecular flexibility index (Phi) is 4.14. The smallest absolute Gasteiger partial charge is 0.226 e. The summed E-state index contributed by atoms with van der Waals surface area (Å²) in [6.07, 6.45) is 2.44. The minimum absolute atomic E-state index is 0.616. The molecule has 0 aromatic carbocycles. The average Bonchev–Trinajstić information content (AvgIpc) is 2.37. The van der Waals surface area contributed by atoms with E-state index in [2.05, 4.69) is 20.6 Å². The molecule has 0 aliphatic carbocycles. The lowest BCUT2D eigenvalue weighted by Crippen LogP contribution is -2.31. The lowest BCUT2D eigenvalue weighted by Gasteiger charge is -2.22. The third kappa shape index (κ3) is 3.56. The van der Waals surface area contributed by atoms with Gasteiger partial charge in [0.15, 0.2) is 0 Å². The van der Waals surface area contributed by atoms with Crippen LogP contribution in [0, 0.1) is 12.8 Å². The van der Waals surface area contributed by atoms with Crippen LogP contribution >= 0.6 is 0 Å². The topological polar surface area (TPSA) is 59.1 Å². The van der Waals surface area contributed by atoms with Crippen LogP contribution in [-0.4, -0.2) is 36.7 Å². The van der Waals surface area contributed by atoms with E-state index in [-0.39, 0.29) is 0 Å². The summed E-state index contributed by atoms with van der Waals surface area (Å²) in [7, 11) is 1.62. The molecule has 0 spiro atoms. The first-order valence-corrected chi connectivity index (χ1v) is 6.12. The monoisotopic (exact) mass is 236 g/mol. The molecule has 1 aromatic rings. The first-order chi connectivity index (χ1) is 8.28. The minimum Gasteiger partial charge on any atom is -0.481 e. The Hall–Kier alpha value is -1.36. The van der Waals surface area contributed by atoms with Crippen LogP contribution in [0.25, 0.3) is 0 Å². The Morgan fingerprint density at radius 2 is 2.18 bits per heavy atom. The fraction of sp³-hybridized carbons (Fsp3) is 0.667. The Labute approximate surface area is 102 Å². The lowest BCUT2D eigenvalue weighted by molar-refractivity contribution is 0.386. The zero-order chi connectivity index (χ0) is 12.1. The van der Waals surface area contributed by atoms with Gasteiger partial charge in [-0.25, -0.2) is 4.98 Å². The second kappa shape index (κ2) is 5.82. The molecule has 2 heterocycles. The van der Waals surface area contributed by atoms with E-state index < -0.39 is 0 Å². The lowest BCUT2D eigenvalue weighted by atomic mass is 9.98. The highest BCUT2D eigenvalue weighted by atomic mass is 16.5. The number of ether oxygens (including phenoxy) is 1. The second-order valence-corrected chi connectivity index (χ2v) is 4.45. The number of hydrogen-bond donors (Lipinski definition) is 2. The summed E-state index contributed by atoms with van der Waals surface area (Å²) >= 11 is 0. The molecule has 94 valence electrons. The maximum atomic E-state index is 5.13. The van der Waals surface area contributed by atoms with Crippen LogP contribution in [0.4, 0.5) is 5.95 Å². The molecule has 1 aliphatic rings. The van der Waals surface area contributed by atoms with Crippen molar-refractivity contribution in [3.8, 4) is 5.88 Å². The van der Waals surface area contributed by atoms with Gasteiger partial charge in [0.1, 0.15) is 0 Å². The number of nitrogens with zero attached hydrogens (tertiary/aromatic N) is 2. The molecule has 0 radical (unpaired) electrons. The van der Waals surface area contributed by atoms with Gasteiger partial charge in [0, 0.05) is 18.3 Å². The van der Waals surface area contributed by atoms with Crippen LogP contribution in [0.5, 0.6) is 5.88 Å². The SMILES string of the molecule is COc1cc(C)nc(NCC2CCNCC2)n1. The molecule has 5 nitrogen and oxygen atoms in total. The molecule has 1 aliphatic heterocycles. The summed E-state index contributed by atoms with van der Waals surface area (Å²) in [6, 6.07) is 1.83. The molecule has 0 saturated carbocycles. The van der Waals surface area contributed by atoms with Gasteiger partial charge in [0.2, 0.25) is 11.8 Å². The van der Waals surface area contributed by atoms with Crippen molar-refractivity contribution in [2.45, 2.75) is 19.8 Å². The Morgan fingerprint density at radius 3 is 2.88 bits per heavy atom. The molecule has 2 rings (SSSR count). The molecule has 5 heteroatoms. The van der Waals surface area contributed by atoms with E-state index >= 15 is 0 Å².